The van der Waals surface area contributed by atoms with Gasteiger partial charge in [0.25, 0.3) is 0 Å². The predicted molar refractivity (Wildman–Crippen MR) is 75.2 cm³/mol. The average molecular weight is 267 g/mol. The lowest BCUT2D eigenvalue weighted by Crippen LogP contribution is -2.30. The highest BCUT2D eigenvalue weighted by Gasteiger charge is 2.34. The zero-order chi connectivity index (χ0) is 13.0. The van der Waals surface area contributed by atoms with Crippen LogP contribution in [-0.4, -0.2) is 36.0 Å². The maximum absolute atomic E-state index is 12.4. The third kappa shape index (κ3) is 2.82. The first-order valence-corrected chi connectivity index (χ1v) is 7.77. The second kappa shape index (κ2) is 6.45. The van der Waals surface area contributed by atoms with Gasteiger partial charge in [-0.2, -0.15) is 0 Å². The molecular formula is C14H21NO2S. The maximum atomic E-state index is 12.4. The predicted octanol–water partition coefficient (Wildman–Crippen LogP) is 1.66. The van der Waals surface area contributed by atoms with Crippen LogP contribution in [0.5, 0.6) is 0 Å². The minimum Gasteiger partial charge on any atom is -0.385 e. The van der Waals surface area contributed by atoms with Gasteiger partial charge in [-0.05, 0) is 31.0 Å². The molecule has 1 aromatic carbocycles. The molecule has 0 heterocycles. The van der Waals surface area contributed by atoms with Gasteiger partial charge in [0.2, 0.25) is 0 Å². The van der Waals surface area contributed by atoms with Gasteiger partial charge < -0.3 is 10.1 Å². The molecule has 3 unspecified atom stereocenters. The standard InChI is InChI=1S/C14H21NO2S/c1-15-14-12-7-4-3-6-11(12)10-13(14)18(16)9-5-8-17-2/h3-4,6-7,13-15H,5,8-10H2,1-2H3. The summed E-state index contributed by atoms with van der Waals surface area (Å²) in [4.78, 5) is 0. The molecule has 3 atom stereocenters. The van der Waals surface area contributed by atoms with E-state index in [1.807, 2.05) is 7.05 Å². The molecule has 0 aliphatic heterocycles. The Kier molecular flexibility index (Phi) is 4.92. The topological polar surface area (TPSA) is 38.3 Å². The second-order valence-corrected chi connectivity index (χ2v) is 6.41. The summed E-state index contributed by atoms with van der Waals surface area (Å²) < 4.78 is 17.4. The van der Waals surface area contributed by atoms with E-state index in [0.717, 1.165) is 18.6 Å². The molecule has 0 spiro atoms. The van der Waals surface area contributed by atoms with Crippen molar-refractivity contribution < 1.29 is 8.95 Å². The van der Waals surface area contributed by atoms with E-state index >= 15 is 0 Å². The summed E-state index contributed by atoms with van der Waals surface area (Å²) in [6.45, 7) is 0.690. The van der Waals surface area contributed by atoms with Crippen molar-refractivity contribution in [3.63, 3.8) is 0 Å². The van der Waals surface area contributed by atoms with Crippen molar-refractivity contribution >= 4 is 10.8 Å². The molecule has 0 saturated heterocycles. The van der Waals surface area contributed by atoms with Crippen molar-refractivity contribution in [2.24, 2.45) is 0 Å². The van der Waals surface area contributed by atoms with Crippen LogP contribution >= 0.6 is 0 Å². The molecule has 3 nitrogen and oxygen atoms in total. The molecule has 1 aliphatic rings. The van der Waals surface area contributed by atoms with Crippen molar-refractivity contribution in [3.8, 4) is 0 Å². The number of rotatable bonds is 6. The Bertz CT molecular complexity index is 422. The van der Waals surface area contributed by atoms with Gasteiger partial charge in [0.05, 0.1) is 5.25 Å². The van der Waals surface area contributed by atoms with Crippen molar-refractivity contribution in [1.82, 2.24) is 5.32 Å². The fourth-order valence-electron chi connectivity index (χ4n) is 2.64. The Balaban J connectivity index is 2.05. The van der Waals surface area contributed by atoms with Crippen molar-refractivity contribution in [2.75, 3.05) is 26.5 Å². The molecule has 1 aromatic rings. The van der Waals surface area contributed by atoms with Crippen LogP contribution in [0, 0.1) is 0 Å². The molecule has 0 saturated carbocycles. The van der Waals surface area contributed by atoms with Gasteiger partial charge in [-0.1, -0.05) is 24.3 Å². The summed E-state index contributed by atoms with van der Waals surface area (Å²) in [5.41, 5.74) is 2.65. The van der Waals surface area contributed by atoms with E-state index in [4.69, 9.17) is 4.74 Å². The van der Waals surface area contributed by atoms with E-state index < -0.39 is 10.8 Å². The average Bonchev–Trinajstić information content (AvgIpc) is 2.77. The first-order valence-electron chi connectivity index (χ1n) is 6.39. The van der Waals surface area contributed by atoms with Crippen molar-refractivity contribution in [1.29, 1.82) is 0 Å². The van der Waals surface area contributed by atoms with Gasteiger partial charge in [0, 0.05) is 36.3 Å². The molecule has 4 heteroatoms. The van der Waals surface area contributed by atoms with Gasteiger partial charge in [0.1, 0.15) is 0 Å². The molecule has 100 valence electrons. The summed E-state index contributed by atoms with van der Waals surface area (Å²) >= 11 is 0. The Morgan fingerprint density at radius 1 is 1.44 bits per heavy atom. The number of benzene rings is 1. The van der Waals surface area contributed by atoms with Gasteiger partial charge in [-0.3, -0.25) is 4.21 Å². The molecule has 0 bridgehead atoms. The monoisotopic (exact) mass is 267 g/mol. The fourth-order valence-corrected chi connectivity index (χ4v) is 4.30. The van der Waals surface area contributed by atoms with E-state index in [2.05, 4.69) is 29.6 Å². The summed E-state index contributed by atoms with van der Waals surface area (Å²) in [5.74, 6) is 0.727. The van der Waals surface area contributed by atoms with Crippen LogP contribution in [0.3, 0.4) is 0 Å². The molecule has 2 rings (SSSR count). The number of hydrogen-bond acceptors (Lipinski definition) is 3. The largest absolute Gasteiger partial charge is 0.385 e. The smallest absolute Gasteiger partial charge is 0.0583 e. The molecule has 1 N–H and O–H groups in total. The van der Waals surface area contributed by atoms with E-state index in [0.29, 0.717) is 6.61 Å². The van der Waals surface area contributed by atoms with E-state index in [-0.39, 0.29) is 11.3 Å². The minimum absolute atomic E-state index is 0.198. The molecule has 18 heavy (non-hydrogen) atoms. The molecule has 0 amide bonds. The van der Waals surface area contributed by atoms with Crippen LogP contribution in [0.25, 0.3) is 0 Å². The van der Waals surface area contributed by atoms with E-state index in [9.17, 15) is 4.21 Å². The Labute approximate surface area is 111 Å². The minimum atomic E-state index is -0.796. The molecular weight excluding hydrogens is 246 g/mol. The fraction of sp³-hybridized carbons (Fsp3) is 0.571. The number of fused-ring (bicyclic) bond motifs is 1. The molecule has 0 radical (unpaired) electrons. The third-order valence-electron chi connectivity index (χ3n) is 3.53. The van der Waals surface area contributed by atoms with Gasteiger partial charge >= 0.3 is 0 Å². The SMILES string of the molecule is CNC1c2ccccc2CC1S(=O)CCCOC. The molecule has 0 aromatic heterocycles. The van der Waals surface area contributed by atoms with Crippen molar-refractivity contribution in [3.05, 3.63) is 35.4 Å². The van der Waals surface area contributed by atoms with Crippen LogP contribution in [0.1, 0.15) is 23.6 Å². The van der Waals surface area contributed by atoms with Crippen LogP contribution in [0.2, 0.25) is 0 Å². The summed E-state index contributed by atoms with van der Waals surface area (Å²) in [5, 5.41) is 3.52. The first-order chi connectivity index (χ1) is 8.77. The third-order valence-corrected chi connectivity index (χ3v) is 5.33. The zero-order valence-corrected chi connectivity index (χ0v) is 11.8. The van der Waals surface area contributed by atoms with Crippen LogP contribution < -0.4 is 5.32 Å². The highest BCUT2D eigenvalue weighted by molar-refractivity contribution is 7.85. The normalized spacial score (nSPS) is 23.9. The summed E-state index contributed by atoms with van der Waals surface area (Å²) in [7, 11) is 2.84. The van der Waals surface area contributed by atoms with Crippen LogP contribution in [0.4, 0.5) is 0 Å². The lowest BCUT2D eigenvalue weighted by Gasteiger charge is -2.19. The highest BCUT2D eigenvalue weighted by atomic mass is 32.2. The van der Waals surface area contributed by atoms with Crippen LogP contribution in [-0.2, 0) is 22.0 Å². The van der Waals surface area contributed by atoms with Crippen LogP contribution in [0.15, 0.2) is 24.3 Å². The summed E-state index contributed by atoms with van der Waals surface area (Å²) in [6, 6.07) is 8.63. The van der Waals surface area contributed by atoms with Crippen molar-refractivity contribution in [2.45, 2.75) is 24.1 Å². The lowest BCUT2D eigenvalue weighted by atomic mass is 10.1. The Morgan fingerprint density at radius 3 is 2.94 bits per heavy atom. The Hall–Kier alpha value is -0.710. The number of ether oxygens (including phenoxy) is 1. The second-order valence-electron chi connectivity index (χ2n) is 4.64. The quantitative estimate of drug-likeness (QED) is 0.797. The number of methoxy groups -OCH3 is 1. The Morgan fingerprint density at radius 2 is 2.22 bits per heavy atom. The van der Waals surface area contributed by atoms with E-state index in [1.165, 1.54) is 11.1 Å². The van der Waals surface area contributed by atoms with Gasteiger partial charge in [-0.15, -0.1) is 0 Å². The molecule has 1 aliphatic carbocycles. The zero-order valence-electron chi connectivity index (χ0n) is 11.0. The maximum Gasteiger partial charge on any atom is 0.0583 e. The van der Waals surface area contributed by atoms with E-state index in [1.54, 1.807) is 7.11 Å². The first kappa shape index (κ1) is 13.7. The lowest BCUT2D eigenvalue weighted by molar-refractivity contribution is 0.200. The van der Waals surface area contributed by atoms with Gasteiger partial charge in [-0.25, -0.2) is 0 Å². The number of hydrogen-bond donors (Lipinski definition) is 1. The summed E-state index contributed by atoms with van der Waals surface area (Å²) in [6.07, 6.45) is 1.79. The highest BCUT2D eigenvalue weighted by Crippen LogP contribution is 2.34. The number of nitrogens with one attached hydrogen (secondary N) is 1. The molecule has 0 fully saturated rings. The van der Waals surface area contributed by atoms with Gasteiger partial charge in [0.15, 0.2) is 0 Å².